The van der Waals surface area contributed by atoms with Gasteiger partial charge in [0.05, 0.1) is 16.7 Å². The molecule has 172 valence electrons. The maximum absolute atomic E-state index is 6.38. The molecule has 3 heterocycles. The smallest absolute Gasteiger partial charge is 0.143 e. The molecule has 37 heavy (non-hydrogen) atoms. The number of furan rings is 1. The van der Waals surface area contributed by atoms with Crippen molar-refractivity contribution in [2.24, 2.45) is 0 Å². The Hall–Kier alpha value is -4.47. The SMILES string of the molecule is c1ccc2c(c1)oc1c(-c3ccc4ccc5c(c4c3)Sc3cccc4c6ccccc6n-5c34)cccc12. The van der Waals surface area contributed by atoms with Crippen molar-refractivity contribution in [3.05, 3.63) is 115 Å². The first-order chi connectivity index (χ1) is 18.3. The lowest BCUT2D eigenvalue weighted by Gasteiger charge is -2.22. The molecule has 0 aliphatic carbocycles. The lowest BCUT2D eigenvalue weighted by atomic mass is 9.99. The summed E-state index contributed by atoms with van der Waals surface area (Å²) >= 11 is 1.89. The van der Waals surface area contributed by atoms with E-state index in [0.717, 1.165) is 27.5 Å². The minimum Gasteiger partial charge on any atom is -0.455 e. The Morgan fingerprint density at radius 3 is 2.35 bits per heavy atom. The number of rotatable bonds is 1. The largest absolute Gasteiger partial charge is 0.455 e. The third-order valence-electron chi connectivity index (χ3n) is 7.78. The van der Waals surface area contributed by atoms with Crippen LogP contribution in [0, 0.1) is 0 Å². The monoisotopic (exact) mass is 489 g/mol. The Kier molecular flexibility index (Phi) is 3.76. The van der Waals surface area contributed by atoms with Crippen LogP contribution in [-0.4, -0.2) is 4.57 Å². The quantitative estimate of drug-likeness (QED) is 0.228. The summed E-state index contributed by atoms with van der Waals surface area (Å²) in [5, 5.41) is 7.46. The second-order valence-corrected chi connectivity index (χ2v) is 10.8. The zero-order chi connectivity index (χ0) is 24.1. The summed E-state index contributed by atoms with van der Waals surface area (Å²) in [6.07, 6.45) is 0. The summed E-state index contributed by atoms with van der Waals surface area (Å²) in [4.78, 5) is 2.61. The van der Waals surface area contributed by atoms with E-state index in [1.54, 1.807) is 0 Å². The van der Waals surface area contributed by atoms with Gasteiger partial charge in [0.2, 0.25) is 0 Å². The molecule has 0 amide bonds. The lowest BCUT2D eigenvalue weighted by molar-refractivity contribution is 0.670. The molecule has 2 nitrogen and oxygen atoms in total. The highest BCUT2D eigenvalue weighted by atomic mass is 32.2. The molecule has 0 fully saturated rings. The van der Waals surface area contributed by atoms with Crippen molar-refractivity contribution in [3.8, 4) is 16.8 Å². The third-order valence-corrected chi connectivity index (χ3v) is 8.96. The number of benzene rings is 6. The molecule has 1 aliphatic heterocycles. The highest BCUT2D eigenvalue weighted by Crippen LogP contribution is 2.49. The van der Waals surface area contributed by atoms with Crippen LogP contribution in [0.25, 0.3) is 71.3 Å². The van der Waals surface area contributed by atoms with E-state index in [1.165, 1.54) is 53.6 Å². The van der Waals surface area contributed by atoms with Gasteiger partial charge in [-0.05, 0) is 46.7 Å². The van der Waals surface area contributed by atoms with Crippen LogP contribution in [0.1, 0.15) is 0 Å². The van der Waals surface area contributed by atoms with Crippen LogP contribution in [0.5, 0.6) is 0 Å². The van der Waals surface area contributed by atoms with Gasteiger partial charge in [-0.2, -0.15) is 0 Å². The van der Waals surface area contributed by atoms with Crippen molar-refractivity contribution in [2.75, 3.05) is 0 Å². The number of para-hydroxylation sites is 4. The zero-order valence-corrected chi connectivity index (χ0v) is 20.5. The Morgan fingerprint density at radius 2 is 1.38 bits per heavy atom. The number of hydrogen-bond donors (Lipinski definition) is 0. The van der Waals surface area contributed by atoms with Crippen LogP contribution >= 0.6 is 11.8 Å². The van der Waals surface area contributed by atoms with E-state index in [1.807, 2.05) is 23.9 Å². The zero-order valence-electron chi connectivity index (χ0n) is 19.7. The number of hydrogen-bond acceptors (Lipinski definition) is 2. The van der Waals surface area contributed by atoms with Crippen LogP contribution in [-0.2, 0) is 0 Å². The summed E-state index contributed by atoms with van der Waals surface area (Å²) in [6.45, 7) is 0. The first kappa shape index (κ1) is 19.7. The topological polar surface area (TPSA) is 18.1 Å². The van der Waals surface area contributed by atoms with Crippen molar-refractivity contribution in [1.29, 1.82) is 0 Å². The molecule has 9 rings (SSSR count). The first-order valence-corrected chi connectivity index (χ1v) is 13.3. The van der Waals surface area contributed by atoms with Crippen molar-refractivity contribution < 1.29 is 4.42 Å². The molecule has 0 saturated heterocycles. The van der Waals surface area contributed by atoms with E-state index in [9.17, 15) is 0 Å². The fourth-order valence-electron chi connectivity index (χ4n) is 6.14. The summed E-state index contributed by atoms with van der Waals surface area (Å²) in [5.41, 5.74) is 8.00. The maximum atomic E-state index is 6.38. The lowest BCUT2D eigenvalue weighted by Crippen LogP contribution is -2.02. The van der Waals surface area contributed by atoms with Gasteiger partial charge in [-0.1, -0.05) is 96.7 Å². The molecule has 1 aliphatic rings. The first-order valence-electron chi connectivity index (χ1n) is 12.5. The third kappa shape index (κ3) is 2.57. The van der Waals surface area contributed by atoms with E-state index in [2.05, 4.69) is 108 Å². The fraction of sp³-hybridized carbons (Fsp3) is 0. The molecule has 6 aromatic carbocycles. The molecule has 0 N–H and O–H groups in total. The van der Waals surface area contributed by atoms with Gasteiger partial charge in [-0.15, -0.1) is 0 Å². The van der Waals surface area contributed by atoms with Crippen molar-refractivity contribution in [2.45, 2.75) is 9.79 Å². The molecule has 8 aromatic rings. The number of fused-ring (bicyclic) bond motifs is 10. The van der Waals surface area contributed by atoms with Crippen molar-refractivity contribution in [1.82, 2.24) is 4.57 Å². The maximum Gasteiger partial charge on any atom is 0.143 e. The highest BCUT2D eigenvalue weighted by Gasteiger charge is 2.24. The standard InChI is InChI=1S/C34H19NOS/c1-3-12-28-23(7-1)25-10-6-14-31-32(25)35(28)29-18-17-20-15-16-21(19-27(20)34(29)37-31)22-9-5-11-26-24-8-2-4-13-30(24)36-33(22)26/h1-19H. The fourth-order valence-corrected chi connectivity index (χ4v) is 7.35. The molecular weight excluding hydrogens is 470 g/mol. The van der Waals surface area contributed by atoms with E-state index in [0.29, 0.717) is 0 Å². The van der Waals surface area contributed by atoms with Gasteiger partial charge in [-0.3, -0.25) is 0 Å². The van der Waals surface area contributed by atoms with Crippen LogP contribution < -0.4 is 0 Å². The molecule has 0 unspecified atom stereocenters. The van der Waals surface area contributed by atoms with Gasteiger partial charge in [-0.25, -0.2) is 0 Å². The van der Waals surface area contributed by atoms with Crippen LogP contribution in [0.3, 0.4) is 0 Å². The average molecular weight is 490 g/mol. The van der Waals surface area contributed by atoms with E-state index < -0.39 is 0 Å². The number of aromatic nitrogens is 1. The average Bonchev–Trinajstić information content (AvgIpc) is 3.50. The van der Waals surface area contributed by atoms with Gasteiger partial charge >= 0.3 is 0 Å². The van der Waals surface area contributed by atoms with Gasteiger partial charge in [0, 0.05) is 36.9 Å². The normalized spacial score (nSPS) is 12.8. The Morgan fingerprint density at radius 1 is 0.595 bits per heavy atom. The minimum atomic E-state index is 0.929. The Balaban J connectivity index is 1.34. The van der Waals surface area contributed by atoms with Gasteiger partial charge in [0.15, 0.2) is 0 Å². The van der Waals surface area contributed by atoms with Crippen LogP contribution in [0.4, 0.5) is 0 Å². The summed E-state index contributed by atoms with van der Waals surface area (Å²) in [5.74, 6) is 0. The Bertz CT molecular complexity index is 2230. The Labute approximate surface area is 216 Å². The summed E-state index contributed by atoms with van der Waals surface area (Å²) in [6, 6.07) is 41.5. The highest BCUT2D eigenvalue weighted by molar-refractivity contribution is 8.00. The van der Waals surface area contributed by atoms with E-state index in [4.69, 9.17) is 4.42 Å². The van der Waals surface area contributed by atoms with Crippen molar-refractivity contribution >= 4 is 66.3 Å². The van der Waals surface area contributed by atoms with E-state index in [-0.39, 0.29) is 0 Å². The predicted octanol–water partition coefficient (Wildman–Crippen LogP) is 9.97. The van der Waals surface area contributed by atoms with Gasteiger partial charge in [0.25, 0.3) is 0 Å². The van der Waals surface area contributed by atoms with Gasteiger partial charge < -0.3 is 8.98 Å². The predicted molar refractivity (Wildman–Crippen MR) is 155 cm³/mol. The molecule has 2 aromatic heterocycles. The number of nitrogens with zero attached hydrogens (tertiary/aromatic N) is 1. The summed E-state index contributed by atoms with van der Waals surface area (Å²) in [7, 11) is 0. The molecular formula is C34H19NOS. The van der Waals surface area contributed by atoms with Gasteiger partial charge in [0.1, 0.15) is 11.2 Å². The molecule has 0 saturated carbocycles. The van der Waals surface area contributed by atoms with Crippen molar-refractivity contribution in [3.63, 3.8) is 0 Å². The van der Waals surface area contributed by atoms with Crippen LogP contribution in [0.15, 0.2) is 129 Å². The second kappa shape index (κ2) is 7.06. The minimum absolute atomic E-state index is 0.929. The molecule has 0 bridgehead atoms. The molecule has 0 radical (unpaired) electrons. The molecule has 3 heteroatoms. The molecule has 0 spiro atoms. The van der Waals surface area contributed by atoms with E-state index >= 15 is 0 Å². The summed E-state index contributed by atoms with van der Waals surface area (Å²) < 4.78 is 8.83. The van der Waals surface area contributed by atoms with Crippen LogP contribution in [0.2, 0.25) is 0 Å². The second-order valence-electron chi connectivity index (χ2n) is 9.74. The molecule has 0 atom stereocenters.